The van der Waals surface area contributed by atoms with Crippen molar-refractivity contribution < 1.29 is 23.1 Å². The minimum atomic E-state index is -3.08. The van der Waals surface area contributed by atoms with Crippen LogP contribution in [-0.2, 0) is 7.05 Å². The van der Waals surface area contributed by atoms with Gasteiger partial charge in [-0.3, -0.25) is 9.59 Å². The van der Waals surface area contributed by atoms with Crippen molar-refractivity contribution in [1.29, 1.82) is 0 Å². The maximum atomic E-state index is 13.6. The van der Waals surface area contributed by atoms with Crippen LogP contribution in [0.4, 0.5) is 8.78 Å². The number of pyridine rings is 1. The predicted molar refractivity (Wildman–Crippen MR) is 137 cm³/mol. The Balaban J connectivity index is 1.40. The summed E-state index contributed by atoms with van der Waals surface area (Å²) in [6, 6.07) is 15.7. The van der Waals surface area contributed by atoms with Gasteiger partial charge in [-0.2, -0.15) is 8.78 Å². The molecule has 1 fully saturated rings. The van der Waals surface area contributed by atoms with Gasteiger partial charge in [0.15, 0.2) is 11.4 Å². The number of aromatic nitrogens is 3. The van der Waals surface area contributed by atoms with E-state index in [1.54, 1.807) is 11.2 Å². The number of ether oxygens (including phenoxy) is 1. The lowest BCUT2D eigenvalue weighted by Crippen LogP contribution is -2.51. The van der Waals surface area contributed by atoms with Crippen LogP contribution in [0, 0.1) is 6.92 Å². The molecule has 1 aliphatic rings. The zero-order chi connectivity index (χ0) is 26.8. The highest BCUT2D eigenvalue weighted by molar-refractivity contribution is 5.98. The first-order chi connectivity index (χ1) is 18.3. The molecule has 5 rings (SSSR count). The molecule has 0 radical (unpaired) electrons. The molecule has 1 N–H and O–H groups in total. The number of carbonyl (C=O) groups excluding carboxylic acids is 2. The van der Waals surface area contributed by atoms with Crippen LogP contribution in [-0.4, -0.2) is 57.0 Å². The Bertz CT molecular complexity index is 1470. The van der Waals surface area contributed by atoms with E-state index in [4.69, 9.17) is 0 Å². The number of imidazole rings is 1. The molecular weight excluding hydrogens is 492 g/mol. The number of nitrogens with one attached hydrogen (secondary N) is 1. The molecule has 196 valence electrons. The number of fused-ring (bicyclic) bond motifs is 1. The van der Waals surface area contributed by atoms with Crippen molar-refractivity contribution in [3.63, 3.8) is 0 Å². The number of carbonyl (C=O) groups is 2. The zero-order valence-electron chi connectivity index (χ0n) is 21.0. The Hall–Kier alpha value is -4.34. The lowest BCUT2D eigenvalue weighted by atomic mass is 9.85. The summed E-state index contributed by atoms with van der Waals surface area (Å²) < 4.78 is 32.1. The van der Waals surface area contributed by atoms with Gasteiger partial charge in [0, 0.05) is 43.9 Å². The maximum absolute atomic E-state index is 13.6. The normalized spacial score (nSPS) is 17.6. The van der Waals surface area contributed by atoms with E-state index < -0.39 is 12.5 Å². The fourth-order valence-electron chi connectivity index (χ4n) is 5.05. The molecule has 3 heterocycles. The molecule has 2 atom stereocenters. The summed E-state index contributed by atoms with van der Waals surface area (Å²) in [6.07, 6.45) is 3.55. The number of rotatable bonds is 6. The van der Waals surface area contributed by atoms with E-state index in [0.29, 0.717) is 25.1 Å². The van der Waals surface area contributed by atoms with Crippen LogP contribution in [0.2, 0.25) is 0 Å². The molecule has 0 unspecified atom stereocenters. The van der Waals surface area contributed by atoms with Gasteiger partial charge in [-0.05, 0) is 48.7 Å². The van der Waals surface area contributed by atoms with Crippen molar-refractivity contribution in [3.05, 3.63) is 89.5 Å². The smallest absolute Gasteiger partial charge is 0.387 e. The summed E-state index contributed by atoms with van der Waals surface area (Å²) in [7, 11) is 1.89. The molecular formula is C28H27F2N5O3. The first-order valence-corrected chi connectivity index (χ1v) is 12.3. The molecule has 0 aliphatic carbocycles. The van der Waals surface area contributed by atoms with Crippen molar-refractivity contribution in [3.8, 4) is 5.75 Å². The van der Waals surface area contributed by atoms with Gasteiger partial charge in [0.05, 0.1) is 17.4 Å². The SMILES string of the molecule is Cc1cc(C(=O)N2CC[C@@H](NC(=O)c3ncccc3OC(F)F)[C@@H](c3ccccc3)C2)cc2c1ncn2C. The minimum absolute atomic E-state index is 0.0979. The molecule has 4 aromatic rings. The van der Waals surface area contributed by atoms with Gasteiger partial charge in [0.2, 0.25) is 0 Å². The van der Waals surface area contributed by atoms with E-state index in [9.17, 15) is 18.4 Å². The molecule has 0 spiro atoms. The number of aryl methyl sites for hydroxylation is 2. The standard InChI is InChI=1S/C28H27F2N5O3/c1-17-13-19(14-22-24(17)32-16-34(22)2)27(37)35-12-10-21(20(15-35)18-7-4-3-5-8-18)33-26(36)25-23(38-28(29)30)9-6-11-31-25/h3-9,11,13-14,16,20-21,28H,10,12,15H2,1-2H3,(H,33,36)/t20-,21-/m1/s1. The van der Waals surface area contributed by atoms with Gasteiger partial charge in [-0.1, -0.05) is 30.3 Å². The van der Waals surface area contributed by atoms with Crippen LogP contribution in [0.3, 0.4) is 0 Å². The van der Waals surface area contributed by atoms with Crippen molar-refractivity contribution in [1.82, 2.24) is 24.8 Å². The molecule has 1 saturated heterocycles. The number of likely N-dealkylation sites (tertiary alicyclic amines) is 1. The second kappa shape index (κ2) is 10.6. The van der Waals surface area contributed by atoms with Gasteiger partial charge < -0.3 is 19.5 Å². The van der Waals surface area contributed by atoms with Gasteiger partial charge in [-0.15, -0.1) is 0 Å². The van der Waals surface area contributed by atoms with Gasteiger partial charge in [-0.25, -0.2) is 9.97 Å². The zero-order valence-corrected chi connectivity index (χ0v) is 21.0. The lowest BCUT2D eigenvalue weighted by Gasteiger charge is -2.39. The summed E-state index contributed by atoms with van der Waals surface area (Å²) in [6.45, 7) is -0.354. The molecule has 38 heavy (non-hydrogen) atoms. The van der Waals surface area contributed by atoms with Crippen LogP contribution < -0.4 is 10.1 Å². The van der Waals surface area contributed by atoms with E-state index in [-0.39, 0.29) is 29.3 Å². The average Bonchev–Trinajstić information content (AvgIpc) is 3.30. The topological polar surface area (TPSA) is 89.3 Å². The average molecular weight is 520 g/mol. The van der Waals surface area contributed by atoms with Gasteiger partial charge in [0.25, 0.3) is 11.8 Å². The van der Waals surface area contributed by atoms with Crippen molar-refractivity contribution >= 4 is 22.8 Å². The monoisotopic (exact) mass is 519 g/mol. The third kappa shape index (κ3) is 5.06. The van der Waals surface area contributed by atoms with E-state index in [0.717, 1.165) is 22.2 Å². The largest absolute Gasteiger partial charge is 0.432 e. The molecule has 1 aliphatic heterocycles. The van der Waals surface area contributed by atoms with Crippen LogP contribution >= 0.6 is 0 Å². The number of hydrogen-bond donors (Lipinski definition) is 1. The van der Waals surface area contributed by atoms with Crippen LogP contribution in [0.25, 0.3) is 11.0 Å². The third-order valence-electron chi connectivity index (χ3n) is 6.91. The summed E-state index contributed by atoms with van der Waals surface area (Å²) >= 11 is 0. The molecule has 8 nitrogen and oxygen atoms in total. The van der Waals surface area contributed by atoms with E-state index in [1.165, 1.54) is 18.3 Å². The molecule has 0 bridgehead atoms. The Kier molecular flexibility index (Phi) is 7.04. The Morgan fingerprint density at radius 1 is 1.11 bits per heavy atom. The first-order valence-electron chi connectivity index (χ1n) is 12.3. The lowest BCUT2D eigenvalue weighted by molar-refractivity contribution is -0.0504. The number of amides is 2. The quantitative estimate of drug-likeness (QED) is 0.410. The summed E-state index contributed by atoms with van der Waals surface area (Å²) in [5.74, 6) is -1.21. The second-order valence-electron chi connectivity index (χ2n) is 9.38. The summed E-state index contributed by atoms with van der Waals surface area (Å²) in [5, 5.41) is 2.96. The first kappa shape index (κ1) is 25.3. The highest BCUT2D eigenvalue weighted by atomic mass is 19.3. The highest BCUT2D eigenvalue weighted by Gasteiger charge is 2.35. The number of nitrogens with zero attached hydrogens (tertiary/aromatic N) is 4. The predicted octanol–water partition coefficient (Wildman–Crippen LogP) is 4.31. The minimum Gasteiger partial charge on any atom is -0.432 e. The number of alkyl halides is 2. The van der Waals surface area contributed by atoms with Crippen molar-refractivity contribution in [2.75, 3.05) is 13.1 Å². The maximum Gasteiger partial charge on any atom is 0.387 e. The number of hydrogen-bond acceptors (Lipinski definition) is 5. The number of piperidine rings is 1. The number of halogens is 2. The van der Waals surface area contributed by atoms with Gasteiger partial charge >= 0.3 is 6.61 Å². The molecule has 10 heteroatoms. The van der Waals surface area contributed by atoms with E-state index in [1.807, 2.05) is 61.0 Å². The fourth-order valence-corrected chi connectivity index (χ4v) is 5.05. The van der Waals surface area contributed by atoms with Crippen molar-refractivity contribution in [2.45, 2.75) is 31.9 Å². The van der Waals surface area contributed by atoms with Crippen molar-refractivity contribution in [2.24, 2.45) is 7.05 Å². The van der Waals surface area contributed by atoms with Crippen LogP contribution in [0.5, 0.6) is 5.75 Å². The van der Waals surface area contributed by atoms with E-state index in [2.05, 4.69) is 20.0 Å². The summed E-state index contributed by atoms with van der Waals surface area (Å²) in [4.78, 5) is 36.9. The highest BCUT2D eigenvalue weighted by Crippen LogP contribution is 2.30. The Labute approximate surface area is 218 Å². The molecule has 2 aromatic carbocycles. The van der Waals surface area contributed by atoms with E-state index >= 15 is 0 Å². The van der Waals surface area contributed by atoms with Crippen LogP contribution in [0.15, 0.2) is 67.1 Å². The third-order valence-corrected chi connectivity index (χ3v) is 6.91. The summed E-state index contributed by atoms with van der Waals surface area (Å²) in [5.41, 5.74) is 3.99. The Morgan fingerprint density at radius 2 is 1.89 bits per heavy atom. The molecule has 2 aromatic heterocycles. The second-order valence-corrected chi connectivity index (χ2v) is 9.38. The fraction of sp³-hybridized carbons (Fsp3) is 0.286. The van der Waals surface area contributed by atoms with Crippen LogP contribution in [0.1, 0.15) is 44.3 Å². The Morgan fingerprint density at radius 3 is 2.66 bits per heavy atom. The number of benzene rings is 2. The van der Waals surface area contributed by atoms with Gasteiger partial charge in [0.1, 0.15) is 0 Å². The molecule has 2 amide bonds. The molecule has 0 saturated carbocycles.